The molecular formula is C20H19F3N6O. The lowest BCUT2D eigenvalue weighted by atomic mass is 10.1. The van der Waals surface area contributed by atoms with Crippen molar-refractivity contribution in [1.82, 2.24) is 19.7 Å². The van der Waals surface area contributed by atoms with Crippen LogP contribution in [0.4, 0.5) is 29.3 Å². The lowest BCUT2D eigenvalue weighted by Crippen LogP contribution is -2.56. The predicted molar refractivity (Wildman–Crippen MR) is 106 cm³/mol. The van der Waals surface area contributed by atoms with Gasteiger partial charge in [-0.05, 0) is 37.1 Å². The number of nitrogens with zero attached hydrogens (tertiary/aromatic N) is 5. The van der Waals surface area contributed by atoms with E-state index in [0.717, 1.165) is 12.8 Å². The average molecular weight is 416 g/mol. The number of hydrogen-bond acceptors (Lipinski definition) is 4. The van der Waals surface area contributed by atoms with Crippen molar-refractivity contribution in [2.45, 2.75) is 18.8 Å². The third kappa shape index (κ3) is 3.42. The van der Waals surface area contributed by atoms with Crippen LogP contribution >= 0.6 is 0 Å². The summed E-state index contributed by atoms with van der Waals surface area (Å²) in [6.07, 6.45) is 5.03. The second kappa shape index (κ2) is 6.89. The Bertz CT molecular complexity index is 1120. The molecule has 7 nitrogen and oxygen atoms in total. The summed E-state index contributed by atoms with van der Waals surface area (Å²) in [5, 5.41) is 7.68. The highest BCUT2D eigenvalue weighted by atomic mass is 19.3. The third-order valence-corrected chi connectivity index (χ3v) is 5.39. The van der Waals surface area contributed by atoms with E-state index in [1.165, 1.54) is 34.0 Å². The van der Waals surface area contributed by atoms with Gasteiger partial charge >= 0.3 is 6.03 Å². The van der Waals surface area contributed by atoms with Gasteiger partial charge in [0.15, 0.2) is 5.65 Å². The molecule has 3 aromatic rings. The topological polar surface area (TPSA) is 66.3 Å². The maximum Gasteiger partial charge on any atom is 0.321 e. The second-order valence-electron chi connectivity index (χ2n) is 7.68. The molecule has 2 amide bonds. The van der Waals surface area contributed by atoms with Gasteiger partial charge in [0.1, 0.15) is 11.5 Å². The Morgan fingerprint density at radius 1 is 1.13 bits per heavy atom. The molecule has 0 unspecified atom stereocenters. The number of carbonyl (C=O) groups excluding carboxylic acids is 1. The van der Waals surface area contributed by atoms with Gasteiger partial charge in [0, 0.05) is 30.4 Å². The van der Waals surface area contributed by atoms with Crippen LogP contribution in [0.25, 0.3) is 16.7 Å². The molecule has 1 N–H and O–H groups in total. The first-order valence-corrected chi connectivity index (χ1v) is 9.72. The van der Waals surface area contributed by atoms with Crippen molar-refractivity contribution in [1.29, 1.82) is 0 Å². The number of aromatic nitrogens is 3. The van der Waals surface area contributed by atoms with Crippen molar-refractivity contribution in [3.8, 4) is 5.69 Å². The number of benzene rings is 1. The number of likely N-dealkylation sites (tertiary alicyclic amines) is 1. The molecule has 2 aromatic heterocycles. The summed E-state index contributed by atoms with van der Waals surface area (Å²) in [5.41, 5.74) is 1.56. The molecule has 0 bridgehead atoms. The van der Waals surface area contributed by atoms with Crippen LogP contribution in [0, 0.1) is 5.82 Å². The SMILES string of the molecule is O=C(Nc1ccc(F)c(-n2cc3cc(N4CC(F)(F)C4)cnc3n2)c1)N1CCCC1. The quantitative estimate of drug-likeness (QED) is 0.708. The fourth-order valence-electron chi connectivity index (χ4n) is 3.78. The molecule has 2 aliphatic heterocycles. The first-order valence-electron chi connectivity index (χ1n) is 9.72. The van der Waals surface area contributed by atoms with E-state index in [1.54, 1.807) is 17.2 Å². The number of fused-ring (bicyclic) bond motifs is 1. The number of amides is 2. The Hall–Kier alpha value is -3.30. The summed E-state index contributed by atoms with van der Waals surface area (Å²) >= 11 is 0. The highest BCUT2D eigenvalue weighted by Gasteiger charge is 2.44. The number of nitrogens with one attached hydrogen (secondary N) is 1. The summed E-state index contributed by atoms with van der Waals surface area (Å²) in [6.45, 7) is 0.728. The summed E-state index contributed by atoms with van der Waals surface area (Å²) in [4.78, 5) is 19.8. The highest BCUT2D eigenvalue weighted by molar-refractivity contribution is 5.90. The van der Waals surface area contributed by atoms with Gasteiger partial charge < -0.3 is 15.1 Å². The lowest BCUT2D eigenvalue weighted by Gasteiger charge is -2.40. The normalized spacial score (nSPS) is 18.0. The molecular weight excluding hydrogens is 397 g/mol. The van der Waals surface area contributed by atoms with Crippen LogP contribution in [0.2, 0.25) is 0 Å². The number of alkyl halides is 2. The Morgan fingerprint density at radius 2 is 1.90 bits per heavy atom. The van der Waals surface area contributed by atoms with Crippen molar-refractivity contribution < 1.29 is 18.0 Å². The summed E-state index contributed by atoms with van der Waals surface area (Å²) < 4.78 is 42.1. The minimum absolute atomic E-state index is 0.157. The van der Waals surface area contributed by atoms with Crippen LogP contribution in [0.15, 0.2) is 36.7 Å². The van der Waals surface area contributed by atoms with Crippen LogP contribution in [0.1, 0.15) is 12.8 Å². The predicted octanol–water partition coefficient (Wildman–Crippen LogP) is 3.64. The zero-order chi connectivity index (χ0) is 20.9. The maximum absolute atomic E-state index is 14.5. The van der Waals surface area contributed by atoms with Crippen LogP contribution < -0.4 is 10.2 Å². The van der Waals surface area contributed by atoms with Gasteiger partial charge in [-0.1, -0.05) is 0 Å². The van der Waals surface area contributed by atoms with Gasteiger partial charge in [0.05, 0.1) is 25.0 Å². The fraction of sp³-hybridized carbons (Fsp3) is 0.350. The average Bonchev–Trinajstić information content (AvgIpc) is 3.36. The van der Waals surface area contributed by atoms with E-state index in [-0.39, 0.29) is 24.8 Å². The van der Waals surface area contributed by atoms with E-state index in [1.807, 2.05) is 0 Å². The molecule has 2 fully saturated rings. The molecule has 156 valence electrons. The first-order chi connectivity index (χ1) is 14.4. The van der Waals surface area contributed by atoms with Crippen molar-refractivity contribution >= 4 is 28.4 Å². The Morgan fingerprint density at radius 3 is 2.63 bits per heavy atom. The van der Waals surface area contributed by atoms with Crippen LogP contribution in [-0.4, -0.2) is 57.8 Å². The van der Waals surface area contributed by atoms with E-state index in [2.05, 4.69) is 15.4 Å². The summed E-state index contributed by atoms with van der Waals surface area (Å²) in [6, 6.07) is 5.76. The largest absolute Gasteiger partial charge is 0.358 e. The van der Waals surface area contributed by atoms with Crippen LogP contribution in [0.3, 0.4) is 0 Å². The highest BCUT2D eigenvalue weighted by Crippen LogP contribution is 2.32. The van der Waals surface area contributed by atoms with Crippen molar-refractivity contribution in [2.24, 2.45) is 0 Å². The second-order valence-corrected chi connectivity index (χ2v) is 7.68. The zero-order valence-electron chi connectivity index (χ0n) is 16.0. The molecule has 10 heteroatoms. The smallest absolute Gasteiger partial charge is 0.321 e. The molecule has 0 spiro atoms. The molecule has 2 saturated heterocycles. The molecule has 0 saturated carbocycles. The number of anilines is 2. The Balaban J connectivity index is 1.41. The van der Waals surface area contributed by atoms with Crippen LogP contribution in [-0.2, 0) is 0 Å². The molecule has 1 aromatic carbocycles. The number of urea groups is 1. The Labute approximate surface area is 170 Å². The van der Waals surface area contributed by atoms with Crippen molar-refractivity contribution in [2.75, 3.05) is 36.4 Å². The molecule has 30 heavy (non-hydrogen) atoms. The van der Waals surface area contributed by atoms with E-state index in [0.29, 0.717) is 35.5 Å². The van der Waals surface area contributed by atoms with E-state index < -0.39 is 11.7 Å². The van der Waals surface area contributed by atoms with Gasteiger partial charge in [0.2, 0.25) is 0 Å². The van der Waals surface area contributed by atoms with E-state index in [4.69, 9.17) is 0 Å². The van der Waals surface area contributed by atoms with Crippen molar-refractivity contribution in [3.63, 3.8) is 0 Å². The summed E-state index contributed by atoms with van der Waals surface area (Å²) in [7, 11) is 0. The molecule has 0 atom stereocenters. The van der Waals surface area contributed by atoms with Gasteiger partial charge in [-0.3, -0.25) is 0 Å². The standard InChI is InChI=1S/C20H19F3N6O/c21-16-4-3-14(25-19(30)27-5-1-2-6-27)8-17(16)29-10-13-7-15(9-24-18(13)26-29)28-11-20(22,23)12-28/h3-4,7-10H,1-2,5-6,11-12H2,(H,25,30). The van der Waals surface area contributed by atoms with Gasteiger partial charge in [-0.15, -0.1) is 5.10 Å². The van der Waals surface area contributed by atoms with Crippen molar-refractivity contribution in [3.05, 3.63) is 42.5 Å². The minimum atomic E-state index is -2.68. The zero-order valence-corrected chi connectivity index (χ0v) is 16.0. The number of halogens is 3. The Kier molecular flexibility index (Phi) is 4.30. The molecule has 5 rings (SSSR count). The molecule has 0 aliphatic carbocycles. The minimum Gasteiger partial charge on any atom is -0.358 e. The van der Waals surface area contributed by atoms with Crippen LogP contribution in [0.5, 0.6) is 0 Å². The van der Waals surface area contributed by atoms with E-state index >= 15 is 0 Å². The molecule has 0 radical (unpaired) electrons. The third-order valence-electron chi connectivity index (χ3n) is 5.39. The lowest BCUT2D eigenvalue weighted by molar-refractivity contribution is -0.0262. The molecule has 2 aliphatic rings. The fourth-order valence-corrected chi connectivity index (χ4v) is 3.78. The maximum atomic E-state index is 14.5. The summed E-state index contributed by atoms with van der Waals surface area (Å²) in [5.74, 6) is -3.19. The van der Waals surface area contributed by atoms with Gasteiger partial charge in [-0.25, -0.2) is 27.6 Å². The number of carbonyl (C=O) groups is 1. The molecule has 4 heterocycles. The van der Waals surface area contributed by atoms with Gasteiger partial charge in [-0.2, -0.15) is 0 Å². The van der Waals surface area contributed by atoms with E-state index in [9.17, 15) is 18.0 Å². The van der Waals surface area contributed by atoms with Gasteiger partial charge in [0.25, 0.3) is 5.92 Å². The first kappa shape index (κ1) is 18.7. The number of rotatable bonds is 3. The monoisotopic (exact) mass is 416 g/mol. The number of pyridine rings is 1. The number of hydrogen-bond donors (Lipinski definition) is 1.